The van der Waals surface area contributed by atoms with Crippen molar-refractivity contribution >= 4 is 23.4 Å². The van der Waals surface area contributed by atoms with E-state index >= 15 is 0 Å². The summed E-state index contributed by atoms with van der Waals surface area (Å²) in [5.74, 6) is 2.37. The van der Waals surface area contributed by atoms with Crippen LogP contribution >= 0.6 is 23.4 Å². The van der Waals surface area contributed by atoms with Gasteiger partial charge in [0.25, 0.3) is 0 Å². The summed E-state index contributed by atoms with van der Waals surface area (Å²) in [6.07, 6.45) is 0.867. The second kappa shape index (κ2) is 8.73. The molecule has 0 N–H and O–H groups in total. The lowest BCUT2D eigenvalue weighted by Crippen LogP contribution is -2.03. The van der Waals surface area contributed by atoms with E-state index in [0.717, 1.165) is 34.5 Å². The smallest absolute Gasteiger partial charge is 0.214 e. The van der Waals surface area contributed by atoms with Gasteiger partial charge < -0.3 is 9.47 Å². The van der Waals surface area contributed by atoms with Crippen LogP contribution in [0.25, 0.3) is 5.69 Å². The second-order valence-corrected chi connectivity index (χ2v) is 6.55. The van der Waals surface area contributed by atoms with Gasteiger partial charge in [0.1, 0.15) is 17.2 Å². The summed E-state index contributed by atoms with van der Waals surface area (Å²) in [6, 6.07) is 15.0. The number of aromatic nitrogens is 4. The molecule has 0 saturated carbocycles. The molecule has 0 spiro atoms. The number of halogens is 1. The molecule has 0 saturated heterocycles. The maximum absolute atomic E-state index is 5.85. The summed E-state index contributed by atoms with van der Waals surface area (Å²) in [4.78, 5) is 0. The number of nitrogens with zero attached hydrogens (tertiary/aromatic N) is 4. The van der Waals surface area contributed by atoms with Crippen molar-refractivity contribution in [1.29, 1.82) is 0 Å². The van der Waals surface area contributed by atoms with Crippen LogP contribution in [0, 0.1) is 0 Å². The maximum atomic E-state index is 5.85. The molecule has 0 bridgehead atoms. The molecule has 3 rings (SSSR count). The van der Waals surface area contributed by atoms with Gasteiger partial charge in [-0.15, -0.1) is 5.10 Å². The molecule has 0 aliphatic rings. The molecule has 0 amide bonds. The first-order valence-corrected chi connectivity index (χ1v) is 9.07. The molecule has 2 aromatic carbocycles. The van der Waals surface area contributed by atoms with Crippen LogP contribution in [0.2, 0.25) is 5.02 Å². The van der Waals surface area contributed by atoms with Gasteiger partial charge in [0.05, 0.1) is 13.7 Å². The Morgan fingerprint density at radius 3 is 2.72 bits per heavy atom. The van der Waals surface area contributed by atoms with E-state index in [9.17, 15) is 0 Å². The number of benzene rings is 2. The van der Waals surface area contributed by atoms with Gasteiger partial charge in [0.15, 0.2) is 0 Å². The Bertz CT molecular complexity index is 810. The second-order valence-electron chi connectivity index (χ2n) is 5.05. The van der Waals surface area contributed by atoms with Crippen molar-refractivity contribution in [2.24, 2.45) is 0 Å². The molecule has 6 nitrogen and oxygen atoms in total. The van der Waals surface area contributed by atoms with Crippen LogP contribution in [0.15, 0.2) is 53.7 Å². The van der Waals surface area contributed by atoms with E-state index in [2.05, 4.69) is 15.5 Å². The van der Waals surface area contributed by atoms with Crippen LogP contribution in [0.5, 0.6) is 11.5 Å². The van der Waals surface area contributed by atoms with Crippen molar-refractivity contribution in [2.45, 2.75) is 11.6 Å². The van der Waals surface area contributed by atoms with Crippen LogP contribution in [-0.2, 0) is 0 Å². The first-order chi connectivity index (χ1) is 12.3. The van der Waals surface area contributed by atoms with Gasteiger partial charge in [-0.1, -0.05) is 35.5 Å². The van der Waals surface area contributed by atoms with Crippen molar-refractivity contribution < 1.29 is 9.47 Å². The number of methoxy groups -OCH3 is 1. The molecule has 25 heavy (non-hydrogen) atoms. The third kappa shape index (κ3) is 4.64. The first kappa shape index (κ1) is 17.6. The minimum absolute atomic E-state index is 0.616. The van der Waals surface area contributed by atoms with Gasteiger partial charge in [-0.3, -0.25) is 0 Å². The van der Waals surface area contributed by atoms with Gasteiger partial charge in [0.2, 0.25) is 5.16 Å². The van der Waals surface area contributed by atoms with Crippen molar-refractivity contribution in [1.82, 2.24) is 20.2 Å². The zero-order chi connectivity index (χ0) is 17.5. The molecule has 3 aromatic rings. The average Bonchev–Trinajstić information content (AvgIpc) is 3.11. The molecule has 0 radical (unpaired) electrons. The van der Waals surface area contributed by atoms with Gasteiger partial charge >= 0.3 is 0 Å². The summed E-state index contributed by atoms with van der Waals surface area (Å²) < 4.78 is 12.7. The van der Waals surface area contributed by atoms with Crippen molar-refractivity contribution in [3.63, 3.8) is 0 Å². The van der Waals surface area contributed by atoms with Crippen molar-refractivity contribution in [3.05, 3.63) is 53.6 Å². The van der Waals surface area contributed by atoms with E-state index < -0.39 is 0 Å². The number of hydrogen-bond acceptors (Lipinski definition) is 6. The lowest BCUT2D eigenvalue weighted by molar-refractivity contribution is 0.318. The summed E-state index contributed by atoms with van der Waals surface area (Å²) in [7, 11) is 1.63. The van der Waals surface area contributed by atoms with Crippen molar-refractivity contribution in [3.8, 4) is 17.2 Å². The summed E-state index contributed by atoms with van der Waals surface area (Å²) in [6.45, 7) is 0.616. The average molecular weight is 377 g/mol. The lowest BCUT2D eigenvalue weighted by Gasteiger charge is -2.09. The molecular weight excluding hydrogens is 360 g/mol. The highest BCUT2D eigenvalue weighted by atomic mass is 35.5. The van der Waals surface area contributed by atoms with Crippen LogP contribution in [-0.4, -0.2) is 39.7 Å². The third-order valence-electron chi connectivity index (χ3n) is 3.36. The zero-order valence-corrected chi connectivity index (χ0v) is 15.2. The van der Waals surface area contributed by atoms with Crippen molar-refractivity contribution in [2.75, 3.05) is 19.5 Å². The Morgan fingerprint density at radius 2 is 1.92 bits per heavy atom. The van der Waals surface area contributed by atoms with E-state index in [4.69, 9.17) is 21.1 Å². The minimum Gasteiger partial charge on any atom is -0.494 e. The molecular formula is C17H17ClN4O2S. The molecule has 0 atom stereocenters. The predicted octanol–water partition coefficient (Wildman–Crippen LogP) is 3.89. The van der Waals surface area contributed by atoms with E-state index in [1.807, 2.05) is 48.5 Å². The first-order valence-electron chi connectivity index (χ1n) is 7.71. The van der Waals surface area contributed by atoms with E-state index in [1.54, 1.807) is 23.6 Å². The highest BCUT2D eigenvalue weighted by Crippen LogP contribution is 2.25. The fraction of sp³-hybridized carbons (Fsp3) is 0.235. The van der Waals surface area contributed by atoms with Crippen LogP contribution in [0.3, 0.4) is 0 Å². The Labute approximate surface area is 155 Å². The number of rotatable bonds is 8. The minimum atomic E-state index is 0.616. The Hall–Kier alpha value is -2.25. The summed E-state index contributed by atoms with van der Waals surface area (Å²) >= 11 is 7.43. The van der Waals surface area contributed by atoms with Gasteiger partial charge in [-0.25, -0.2) is 0 Å². The van der Waals surface area contributed by atoms with Gasteiger partial charge in [-0.05, 0) is 53.2 Å². The Morgan fingerprint density at radius 1 is 1.12 bits per heavy atom. The summed E-state index contributed by atoms with van der Waals surface area (Å²) in [5.41, 5.74) is 0.815. The molecule has 130 valence electrons. The van der Waals surface area contributed by atoms with E-state index in [1.165, 1.54) is 0 Å². The number of para-hydroxylation sites is 2. The standard InChI is InChI=1S/C17H17ClN4O2S/c1-23-16-6-3-2-5-15(16)22-17(19-20-21-22)25-12-4-11-24-14-9-7-13(18)8-10-14/h2-3,5-10H,4,11-12H2,1H3. The van der Waals surface area contributed by atoms with Crippen LogP contribution in [0.1, 0.15) is 6.42 Å². The monoisotopic (exact) mass is 376 g/mol. The molecule has 0 unspecified atom stereocenters. The van der Waals surface area contributed by atoms with Gasteiger partial charge in [0, 0.05) is 10.8 Å². The van der Waals surface area contributed by atoms with Crippen LogP contribution in [0.4, 0.5) is 0 Å². The molecule has 0 aliphatic heterocycles. The summed E-state index contributed by atoms with van der Waals surface area (Å²) in [5, 5.41) is 13.3. The Balaban J connectivity index is 1.53. The highest BCUT2D eigenvalue weighted by molar-refractivity contribution is 7.99. The zero-order valence-electron chi connectivity index (χ0n) is 13.6. The predicted molar refractivity (Wildman–Crippen MR) is 98.0 cm³/mol. The fourth-order valence-electron chi connectivity index (χ4n) is 2.17. The van der Waals surface area contributed by atoms with E-state index in [0.29, 0.717) is 11.6 Å². The lowest BCUT2D eigenvalue weighted by atomic mass is 10.3. The fourth-order valence-corrected chi connectivity index (χ4v) is 3.09. The number of hydrogen-bond donors (Lipinski definition) is 0. The number of ether oxygens (including phenoxy) is 2. The van der Waals surface area contributed by atoms with E-state index in [-0.39, 0.29) is 0 Å². The normalized spacial score (nSPS) is 10.6. The SMILES string of the molecule is COc1ccccc1-n1nnnc1SCCCOc1ccc(Cl)cc1. The largest absolute Gasteiger partial charge is 0.494 e. The molecule has 1 aromatic heterocycles. The number of thioether (sulfide) groups is 1. The van der Waals surface area contributed by atoms with Crippen LogP contribution < -0.4 is 9.47 Å². The Kier molecular flexibility index (Phi) is 6.14. The quantitative estimate of drug-likeness (QED) is 0.439. The molecule has 0 aliphatic carbocycles. The molecule has 0 fully saturated rings. The topological polar surface area (TPSA) is 62.1 Å². The molecule has 1 heterocycles. The maximum Gasteiger partial charge on any atom is 0.214 e. The highest BCUT2D eigenvalue weighted by Gasteiger charge is 2.12. The van der Waals surface area contributed by atoms with Gasteiger partial charge in [-0.2, -0.15) is 4.68 Å². The molecule has 8 heteroatoms. The number of tetrazole rings is 1. The third-order valence-corrected chi connectivity index (χ3v) is 4.61.